The third kappa shape index (κ3) is 4.15. The standard InChI is InChI=1S/C43H35N/c1-28-17-19-29(20-18-28)42-36-14-6-5-13-35(36)41(37-26-23-31(27-38(37)42)43(2,3)4)30-21-24-32(25-22-30)44-39-15-9-7-11-33(39)34-12-8-10-16-40(34)44/h5-27H,1-4H3. The molecule has 0 aliphatic heterocycles. The van der Waals surface area contributed by atoms with Crippen molar-refractivity contribution in [2.24, 2.45) is 0 Å². The Bertz CT molecular complexity index is 2290. The summed E-state index contributed by atoms with van der Waals surface area (Å²) >= 11 is 0. The minimum absolute atomic E-state index is 0.0501. The average Bonchev–Trinajstić information content (AvgIpc) is 3.38. The lowest BCUT2D eigenvalue weighted by molar-refractivity contribution is 0.591. The zero-order valence-corrected chi connectivity index (χ0v) is 25.7. The van der Waals surface area contributed by atoms with Crippen LogP contribution in [-0.4, -0.2) is 4.57 Å². The molecule has 8 aromatic rings. The maximum atomic E-state index is 2.44. The first-order valence-corrected chi connectivity index (χ1v) is 15.5. The summed E-state index contributed by atoms with van der Waals surface area (Å²) in [5.41, 5.74) is 11.4. The number of aromatic nitrogens is 1. The lowest BCUT2D eigenvalue weighted by Gasteiger charge is -2.23. The van der Waals surface area contributed by atoms with Crippen LogP contribution in [0.15, 0.2) is 140 Å². The molecule has 1 nitrogen and oxygen atoms in total. The average molecular weight is 566 g/mol. The fourth-order valence-electron chi connectivity index (χ4n) is 6.97. The van der Waals surface area contributed by atoms with Crippen LogP contribution in [0, 0.1) is 6.92 Å². The van der Waals surface area contributed by atoms with Gasteiger partial charge in [-0.25, -0.2) is 0 Å². The fraction of sp³-hybridized carbons (Fsp3) is 0.116. The summed E-state index contributed by atoms with van der Waals surface area (Å²) in [5, 5.41) is 7.73. The van der Waals surface area contributed by atoms with Gasteiger partial charge in [-0.05, 0) is 92.0 Å². The number of fused-ring (bicyclic) bond motifs is 5. The van der Waals surface area contributed by atoms with Crippen LogP contribution >= 0.6 is 0 Å². The molecule has 0 fully saturated rings. The molecule has 0 unspecified atom stereocenters. The summed E-state index contributed by atoms with van der Waals surface area (Å²) in [6.07, 6.45) is 0. The predicted octanol–water partition coefficient (Wildman–Crippen LogP) is 12.0. The van der Waals surface area contributed by atoms with Crippen molar-refractivity contribution in [3.63, 3.8) is 0 Å². The third-order valence-corrected chi connectivity index (χ3v) is 9.22. The van der Waals surface area contributed by atoms with Gasteiger partial charge in [0.1, 0.15) is 0 Å². The van der Waals surface area contributed by atoms with Crippen LogP contribution in [-0.2, 0) is 5.41 Å². The Labute approximate surface area is 259 Å². The lowest BCUT2D eigenvalue weighted by atomic mass is 9.81. The Morgan fingerprint density at radius 2 is 0.886 bits per heavy atom. The largest absolute Gasteiger partial charge is 0.309 e. The molecule has 212 valence electrons. The van der Waals surface area contributed by atoms with E-state index >= 15 is 0 Å². The first-order chi connectivity index (χ1) is 21.4. The van der Waals surface area contributed by atoms with Crippen molar-refractivity contribution in [1.82, 2.24) is 4.57 Å². The van der Waals surface area contributed by atoms with Crippen molar-refractivity contribution in [2.75, 3.05) is 0 Å². The van der Waals surface area contributed by atoms with Gasteiger partial charge in [0.25, 0.3) is 0 Å². The van der Waals surface area contributed by atoms with E-state index in [0.29, 0.717) is 0 Å². The first kappa shape index (κ1) is 26.5. The van der Waals surface area contributed by atoms with E-state index in [1.54, 1.807) is 0 Å². The van der Waals surface area contributed by atoms with Crippen molar-refractivity contribution in [2.45, 2.75) is 33.1 Å². The summed E-state index contributed by atoms with van der Waals surface area (Å²) in [5.74, 6) is 0. The molecule has 0 atom stereocenters. The number of hydrogen-bond acceptors (Lipinski definition) is 0. The Balaban J connectivity index is 1.40. The molecule has 8 rings (SSSR count). The molecular formula is C43H35N. The second-order valence-corrected chi connectivity index (χ2v) is 13.1. The molecule has 0 saturated carbocycles. The van der Waals surface area contributed by atoms with E-state index in [1.165, 1.54) is 82.4 Å². The molecule has 0 bridgehead atoms. The summed E-state index contributed by atoms with van der Waals surface area (Å²) in [6, 6.07) is 51.7. The van der Waals surface area contributed by atoms with E-state index in [4.69, 9.17) is 0 Å². The number of nitrogens with zero attached hydrogens (tertiary/aromatic N) is 1. The van der Waals surface area contributed by atoms with E-state index in [-0.39, 0.29) is 5.41 Å². The highest BCUT2D eigenvalue weighted by atomic mass is 15.0. The van der Waals surface area contributed by atoms with Gasteiger partial charge < -0.3 is 4.57 Å². The topological polar surface area (TPSA) is 4.93 Å². The second-order valence-electron chi connectivity index (χ2n) is 13.1. The monoisotopic (exact) mass is 565 g/mol. The Morgan fingerprint density at radius 1 is 0.432 bits per heavy atom. The van der Waals surface area contributed by atoms with E-state index in [0.717, 1.165) is 0 Å². The molecule has 0 aliphatic carbocycles. The van der Waals surface area contributed by atoms with Gasteiger partial charge in [-0.1, -0.05) is 136 Å². The normalized spacial score (nSPS) is 12.1. The van der Waals surface area contributed by atoms with Crippen molar-refractivity contribution < 1.29 is 0 Å². The SMILES string of the molecule is Cc1ccc(-c2c3ccccc3c(-c3ccc(-n4c5ccccc5c5ccccc54)cc3)c3ccc(C(C)(C)C)cc23)cc1. The van der Waals surface area contributed by atoms with Crippen molar-refractivity contribution in [3.8, 4) is 27.9 Å². The Kier molecular flexibility index (Phi) is 6.00. The molecule has 0 amide bonds. The smallest absolute Gasteiger partial charge is 0.0541 e. The third-order valence-electron chi connectivity index (χ3n) is 9.22. The molecule has 0 saturated heterocycles. The highest BCUT2D eigenvalue weighted by Crippen LogP contribution is 2.45. The number of hydrogen-bond donors (Lipinski definition) is 0. The summed E-state index contributed by atoms with van der Waals surface area (Å²) in [4.78, 5) is 0. The summed E-state index contributed by atoms with van der Waals surface area (Å²) < 4.78 is 2.39. The van der Waals surface area contributed by atoms with Crippen LogP contribution in [0.1, 0.15) is 31.9 Å². The van der Waals surface area contributed by atoms with Gasteiger partial charge in [0.2, 0.25) is 0 Å². The molecule has 7 aromatic carbocycles. The number of rotatable bonds is 3. The van der Waals surface area contributed by atoms with Crippen LogP contribution in [0.25, 0.3) is 71.3 Å². The van der Waals surface area contributed by atoms with Gasteiger partial charge in [-0.15, -0.1) is 0 Å². The molecule has 44 heavy (non-hydrogen) atoms. The predicted molar refractivity (Wildman–Crippen MR) is 190 cm³/mol. The van der Waals surface area contributed by atoms with Crippen LogP contribution in [0.2, 0.25) is 0 Å². The van der Waals surface area contributed by atoms with Crippen LogP contribution in [0.3, 0.4) is 0 Å². The van der Waals surface area contributed by atoms with Gasteiger partial charge >= 0.3 is 0 Å². The highest BCUT2D eigenvalue weighted by Gasteiger charge is 2.20. The minimum Gasteiger partial charge on any atom is -0.309 e. The van der Waals surface area contributed by atoms with Gasteiger partial charge in [0.05, 0.1) is 11.0 Å². The van der Waals surface area contributed by atoms with E-state index in [1.807, 2.05) is 0 Å². The summed E-state index contributed by atoms with van der Waals surface area (Å²) in [7, 11) is 0. The second kappa shape index (κ2) is 9.96. The van der Waals surface area contributed by atoms with E-state index < -0.39 is 0 Å². The first-order valence-electron chi connectivity index (χ1n) is 15.5. The van der Waals surface area contributed by atoms with Crippen LogP contribution in [0.4, 0.5) is 0 Å². The maximum absolute atomic E-state index is 2.44. The van der Waals surface area contributed by atoms with E-state index in [2.05, 4.69) is 172 Å². The molecule has 0 aliphatic rings. The zero-order chi connectivity index (χ0) is 30.0. The highest BCUT2D eigenvalue weighted by molar-refractivity contribution is 6.21. The number of benzene rings is 7. The minimum atomic E-state index is 0.0501. The summed E-state index contributed by atoms with van der Waals surface area (Å²) in [6.45, 7) is 9.06. The molecule has 0 spiro atoms. The van der Waals surface area contributed by atoms with Crippen molar-refractivity contribution in [3.05, 3.63) is 151 Å². The molecule has 1 heterocycles. The van der Waals surface area contributed by atoms with Crippen LogP contribution in [0.5, 0.6) is 0 Å². The molecule has 0 radical (unpaired) electrons. The van der Waals surface area contributed by atoms with Gasteiger partial charge in [0, 0.05) is 16.5 Å². The number of aryl methyl sites for hydroxylation is 1. The van der Waals surface area contributed by atoms with Gasteiger partial charge in [-0.3, -0.25) is 0 Å². The Morgan fingerprint density at radius 3 is 1.43 bits per heavy atom. The molecular weight excluding hydrogens is 530 g/mol. The Hall–Kier alpha value is -5.14. The van der Waals surface area contributed by atoms with Gasteiger partial charge in [0.15, 0.2) is 0 Å². The lowest BCUT2D eigenvalue weighted by Crippen LogP contribution is -2.10. The zero-order valence-electron chi connectivity index (χ0n) is 25.7. The van der Waals surface area contributed by atoms with Crippen molar-refractivity contribution in [1.29, 1.82) is 0 Å². The van der Waals surface area contributed by atoms with Gasteiger partial charge in [-0.2, -0.15) is 0 Å². The fourth-order valence-corrected chi connectivity index (χ4v) is 6.97. The van der Waals surface area contributed by atoms with E-state index in [9.17, 15) is 0 Å². The number of para-hydroxylation sites is 2. The molecule has 1 aromatic heterocycles. The van der Waals surface area contributed by atoms with Crippen molar-refractivity contribution >= 4 is 43.4 Å². The molecule has 0 N–H and O–H groups in total. The quantitative estimate of drug-likeness (QED) is 0.188. The maximum Gasteiger partial charge on any atom is 0.0541 e. The molecule has 1 heteroatoms. The van der Waals surface area contributed by atoms with Crippen LogP contribution < -0.4 is 0 Å².